The molecule has 0 aliphatic rings. The van der Waals surface area contributed by atoms with Crippen molar-refractivity contribution < 1.29 is 0 Å². The van der Waals surface area contributed by atoms with Crippen molar-refractivity contribution >= 4 is 16.7 Å². The zero-order chi connectivity index (χ0) is 15.9. The maximum absolute atomic E-state index is 4.79. The zero-order valence-electron chi connectivity index (χ0n) is 12.6. The molecule has 114 valence electrons. The summed E-state index contributed by atoms with van der Waals surface area (Å²) in [6.45, 7) is 0. The SMILES string of the molecule is c1ccc(-c2cc3cn[nH]c3nc2-c2cnn3cccnc23)cc1. The number of aromatic nitrogens is 6. The van der Waals surface area contributed by atoms with E-state index in [0.717, 1.165) is 39.1 Å². The van der Waals surface area contributed by atoms with E-state index in [1.165, 1.54) is 0 Å². The molecule has 0 fully saturated rings. The van der Waals surface area contributed by atoms with Crippen molar-refractivity contribution in [2.75, 3.05) is 0 Å². The van der Waals surface area contributed by atoms with Crippen LogP contribution in [0, 0.1) is 0 Å². The van der Waals surface area contributed by atoms with Gasteiger partial charge in [0.1, 0.15) is 0 Å². The lowest BCUT2D eigenvalue weighted by Crippen LogP contribution is -1.92. The third-order valence-corrected chi connectivity index (χ3v) is 4.05. The molecule has 0 bridgehead atoms. The Hall–Kier alpha value is -3.54. The third-order valence-electron chi connectivity index (χ3n) is 4.05. The van der Waals surface area contributed by atoms with Gasteiger partial charge in [0.15, 0.2) is 11.3 Å². The van der Waals surface area contributed by atoms with Gasteiger partial charge in [-0.05, 0) is 17.7 Å². The minimum absolute atomic E-state index is 0.750. The first-order valence-electron chi connectivity index (χ1n) is 7.58. The standard InChI is InChI=1S/C18H12N6/c1-2-5-12(6-3-1)14-9-13-10-20-23-17(13)22-16(14)15-11-21-24-8-4-7-19-18(15)24/h1-11H,(H,20,22,23). The number of benzene rings is 1. The molecule has 24 heavy (non-hydrogen) atoms. The molecule has 5 rings (SSSR count). The van der Waals surface area contributed by atoms with Crippen LogP contribution in [0.3, 0.4) is 0 Å². The number of H-pyrrole nitrogens is 1. The van der Waals surface area contributed by atoms with Gasteiger partial charge in [0, 0.05) is 23.3 Å². The Morgan fingerprint density at radius 1 is 0.958 bits per heavy atom. The van der Waals surface area contributed by atoms with E-state index in [1.54, 1.807) is 23.1 Å². The van der Waals surface area contributed by atoms with E-state index < -0.39 is 0 Å². The number of hydrogen-bond acceptors (Lipinski definition) is 4. The second-order valence-corrected chi connectivity index (χ2v) is 5.50. The van der Waals surface area contributed by atoms with Gasteiger partial charge in [0.05, 0.1) is 23.7 Å². The molecule has 0 amide bonds. The summed E-state index contributed by atoms with van der Waals surface area (Å²) in [6, 6.07) is 14.2. The fourth-order valence-electron chi connectivity index (χ4n) is 2.92. The Labute approximate surface area is 136 Å². The molecule has 0 saturated carbocycles. The summed E-state index contributed by atoms with van der Waals surface area (Å²) in [5.74, 6) is 0. The van der Waals surface area contributed by atoms with E-state index in [2.05, 4.69) is 38.5 Å². The average molecular weight is 312 g/mol. The lowest BCUT2D eigenvalue weighted by atomic mass is 10.00. The molecule has 6 heteroatoms. The number of rotatable bonds is 2. The number of nitrogens with one attached hydrogen (secondary N) is 1. The molecular formula is C18H12N6. The molecule has 4 heterocycles. The van der Waals surface area contributed by atoms with Crippen LogP contribution in [0.1, 0.15) is 0 Å². The summed E-state index contributed by atoms with van der Waals surface area (Å²) in [7, 11) is 0. The highest BCUT2D eigenvalue weighted by molar-refractivity contribution is 5.92. The predicted octanol–water partition coefficient (Wildman–Crippen LogP) is 3.33. The second-order valence-electron chi connectivity index (χ2n) is 5.50. The Balaban J connectivity index is 1.86. The Bertz CT molecular complexity index is 1160. The van der Waals surface area contributed by atoms with Crippen molar-refractivity contribution in [3.05, 3.63) is 67.3 Å². The maximum atomic E-state index is 4.79. The van der Waals surface area contributed by atoms with Crippen LogP contribution in [0.15, 0.2) is 67.3 Å². The van der Waals surface area contributed by atoms with Gasteiger partial charge < -0.3 is 0 Å². The number of hydrogen-bond donors (Lipinski definition) is 1. The lowest BCUT2D eigenvalue weighted by molar-refractivity contribution is 0.939. The van der Waals surface area contributed by atoms with Crippen LogP contribution >= 0.6 is 0 Å². The first kappa shape index (κ1) is 13.0. The van der Waals surface area contributed by atoms with E-state index >= 15 is 0 Å². The first-order valence-corrected chi connectivity index (χ1v) is 7.58. The topological polar surface area (TPSA) is 71.8 Å². The van der Waals surface area contributed by atoms with Gasteiger partial charge in [-0.2, -0.15) is 10.2 Å². The van der Waals surface area contributed by atoms with E-state index in [4.69, 9.17) is 4.98 Å². The minimum atomic E-state index is 0.750. The minimum Gasteiger partial charge on any atom is -0.261 e. The van der Waals surface area contributed by atoms with Crippen LogP contribution in [-0.4, -0.2) is 29.8 Å². The summed E-state index contributed by atoms with van der Waals surface area (Å²) >= 11 is 0. The normalized spacial score (nSPS) is 11.3. The third kappa shape index (κ3) is 1.90. The summed E-state index contributed by atoms with van der Waals surface area (Å²) in [6.07, 6.45) is 7.23. The van der Waals surface area contributed by atoms with Crippen molar-refractivity contribution in [1.29, 1.82) is 0 Å². The molecule has 1 aromatic carbocycles. The summed E-state index contributed by atoms with van der Waals surface area (Å²) in [5.41, 5.74) is 5.39. The largest absolute Gasteiger partial charge is 0.261 e. The van der Waals surface area contributed by atoms with Gasteiger partial charge in [-0.25, -0.2) is 14.5 Å². The van der Waals surface area contributed by atoms with Gasteiger partial charge in [0.25, 0.3) is 0 Å². The summed E-state index contributed by atoms with van der Waals surface area (Å²) < 4.78 is 1.75. The van der Waals surface area contributed by atoms with Crippen molar-refractivity contribution in [1.82, 2.24) is 29.8 Å². The maximum Gasteiger partial charge on any atom is 0.164 e. The van der Waals surface area contributed by atoms with E-state index in [9.17, 15) is 0 Å². The molecule has 0 aliphatic heterocycles. The molecule has 0 aliphatic carbocycles. The van der Waals surface area contributed by atoms with Crippen molar-refractivity contribution in [3.63, 3.8) is 0 Å². The number of aromatic amines is 1. The molecule has 0 spiro atoms. The molecular weight excluding hydrogens is 300 g/mol. The van der Waals surface area contributed by atoms with Crippen LogP contribution in [0.25, 0.3) is 39.1 Å². The summed E-state index contributed by atoms with van der Waals surface area (Å²) in [4.78, 5) is 9.25. The fraction of sp³-hybridized carbons (Fsp3) is 0. The Morgan fingerprint density at radius 2 is 1.88 bits per heavy atom. The van der Waals surface area contributed by atoms with Crippen LogP contribution in [-0.2, 0) is 0 Å². The molecule has 1 N–H and O–H groups in total. The fourth-order valence-corrected chi connectivity index (χ4v) is 2.92. The predicted molar refractivity (Wildman–Crippen MR) is 91.3 cm³/mol. The van der Waals surface area contributed by atoms with Crippen molar-refractivity contribution in [2.45, 2.75) is 0 Å². The highest BCUT2D eigenvalue weighted by Crippen LogP contribution is 2.34. The van der Waals surface area contributed by atoms with Gasteiger partial charge >= 0.3 is 0 Å². The first-order chi connectivity index (χ1) is 11.9. The molecule has 0 radical (unpaired) electrons. The highest BCUT2D eigenvalue weighted by atomic mass is 15.2. The number of fused-ring (bicyclic) bond motifs is 2. The van der Waals surface area contributed by atoms with E-state index in [0.29, 0.717) is 0 Å². The Morgan fingerprint density at radius 3 is 2.79 bits per heavy atom. The quantitative estimate of drug-likeness (QED) is 0.542. The Kier molecular flexibility index (Phi) is 2.69. The smallest absolute Gasteiger partial charge is 0.164 e. The highest BCUT2D eigenvalue weighted by Gasteiger charge is 2.16. The van der Waals surface area contributed by atoms with Gasteiger partial charge in [-0.15, -0.1) is 0 Å². The molecule has 0 saturated heterocycles. The zero-order valence-corrected chi connectivity index (χ0v) is 12.6. The van der Waals surface area contributed by atoms with Crippen LogP contribution in [0.5, 0.6) is 0 Å². The molecule has 0 atom stereocenters. The van der Waals surface area contributed by atoms with Gasteiger partial charge in [-0.3, -0.25) is 5.10 Å². The van der Waals surface area contributed by atoms with E-state index in [1.807, 2.05) is 30.5 Å². The summed E-state index contributed by atoms with van der Waals surface area (Å²) in [5, 5.41) is 12.4. The molecule has 6 nitrogen and oxygen atoms in total. The average Bonchev–Trinajstić information content (AvgIpc) is 3.27. The van der Waals surface area contributed by atoms with Crippen LogP contribution in [0.2, 0.25) is 0 Å². The van der Waals surface area contributed by atoms with Crippen molar-refractivity contribution in [2.24, 2.45) is 0 Å². The van der Waals surface area contributed by atoms with Crippen LogP contribution < -0.4 is 0 Å². The lowest BCUT2D eigenvalue weighted by Gasteiger charge is -2.08. The molecule has 5 aromatic rings. The van der Waals surface area contributed by atoms with E-state index in [-0.39, 0.29) is 0 Å². The van der Waals surface area contributed by atoms with Gasteiger partial charge in [0.2, 0.25) is 0 Å². The monoisotopic (exact) mass is 312 g/mol. The number of pyridine rings is 1. The van der Waals surface area contributed by atoms with Crippen LogP contribution in [0.4, 0.5) is 0 Å². The van der Waals surface area contributed by atoms with Gasteiger partial charge in [-0.1, -0.05) is 30.3 Å². The molecule has 4 aromatic heterocycles. The second kappa shape index (κ2) is 4.99. The molecule has 0 unspecified atom stereocenters. The number of nitrogens with zero attached hydrogens (tertiary/aromatic N) is 5. The van der Waals surface area contributed by atoms with Crippen molar-refractivity contribution in [3.8, 4) is 22.4 Å².